The predicted molar refractivity (Wildman–Crippen MR) is 121 cm³/mol. The molecule has 3 fully saturated rings. The molecule has 2 saturated heterocycles. The van der Waals surface area contributed by atoms with Crippen LogP contribution in [0.15, 0.2) is 24.3 Å². The molecule has 31 heavy (non-hydrogen) atoms. The molecule has 3 aliphatic rings. The minimum atomic E-state index is -0.0167. The molecule has 1 aromatic heterocycles. The maximum absolute atomic E-state index is 12.6. The second-order valence-electron chi connectivity index (χ2n) is 9.33. The molecule has 5 rings (SSSR count). The van der Waals surface area contributed by atoms with Gasteiger partial charge in [-0.05, 0) is 44.4 Å². The van der Waals surface area contributed by atoms with E-state index in [0.717, 1.165) is 77.1 Å². The van der Waals surface area contributed by atoms with Crippen molar-refractivity contribution in [3.05, 3.63) is 24.3 Å². The number of hydrogen-bond acceptors (Lipinski definition) is 5. The summed E-state index contributed by atoms with van der Waals surface area (Å²) in [5, 5.41) is 5.98. The van der Waals surface area contributed by atoms with Gasteiger partial charge in [0, 0.05) is 45.2 Å². The Kier molecular flexibility index (Phi) is 5.69. The number of amides is 2. The maximum atomic E-state index is 12.6. The number of nitrogens with zero attached hydrogens (tertiary/aromatic N) is 5. The Morgan fingerprint density at radius 1 is 0.903 bits per heavy atom. The number of likely N-dealkylation sites (tertiary alicyclic amines) is 1. The Balaban J connectivity index is 1.08. The minimum Gasteiger partial charge on any atom is -0.352 e. The van der Waals surface area contributed by atoms with Crippen LogP contribution in [0.25, 0.3) is 10.9 Å². The van der Waals surface area contributed by atoms with E-state index in [4.69, 9.17) is 5.10 Å². The molecular formula is C24H33N5O2. The average molecular weight is 424 g/mol. The number of aryl methyl sites for hydroxylation is 1. The zero-order chi connectivity index (χ0) is 21.4. The van der Waals surface area contributed by atoms with Gasteiger partial charge < -0.3 is 4.90 Å². The fourth-order valence-corrected chi connectivity index (χ4v) is 5.67. The normalized spacial score (nSPS) is 24.9. The summed E-state index contributed by atoms with van der Waals surface area (Å²) in [6, 6.07) is 8.41. The summed E-state index contributed by atoms with van der Waals surface area (Å²) < 4.78 is 1.97. The smallest absolute Gasteiger partial charge is 0.233 e. The van der Waals surface area contributed by atoms with Crippen LogP contribution < -0.4 is 4.90 Å². The fourth-order valence-electron chi connectivity index (χ4n) is 5.67. The van der Waals surface area contributed by atoms with Crippen molar-refractivity contribution in [2.24, 2.45) is 18.9 Å². The maximum Gasteiger partial charge on any atom is 0.233 e. The van der Waals surface area contributed by atoms with Gasteiger partial charge in [0.05, 0.1) is 17.4 Å². The Hall–Kier alpha value is -2.41. The van der Waals surface area contributed by atoms with Crippen LogP contribution >= 0.6 is 0 Å². The van der Waals surface area contributed by atoms with Gasteiger partial charge >= 0.3 is 0 Å². The first-order valence-electron chi connectivity index (χ1n) is 11.9. The van der Waals surface area contributed by atoms with Gasteiger partial charge in [-0.2, -0.15) is 5.10 Å². The standard InChI is InChI=1S/C24H33N5O2/c1-26-21-11-5-4-10-20(21)22(25-26)28-16-14-27(15-17-28)12-6-7-13-29-23(30)18-8-2-3-9-19(18)24(29)31/h4-5,10-11,18-19H,2-3,6-9,12-17H2,1H3/t18-,19+. The van der Waals surface area contributed by atoms with Crippen LogP contribution in [0.4, 0.5) is 5.82 Å². The molecule has 7 heteroatoms. The van der Waals surface area contributed by atoms with E-state index in [-0.39, 0.29) is 23.7 Å². The molecule has 1 saturated carbocycles. The number of piperazine rings is 1. The quantitative estimate of drug-likeness (QED) is 0.528. The number of aromatic nitrogens is 2. The van der Waals surface area contributed by atoms with Crippen molar-refractivity contribution in [3.8, 4) is 0 Å². The highest BCUT2D eigenvalue weighted by atomic mass is 16.2. The highest BCUT2D eigenvalue weighted by Crippen LogP contribution is 2.38. The number of carbonyl (C=O) groups is 2. The summed E-state index contributed by atoms with van der Waals surface area (Å²) in [6.45, 7) is 5.64. The number of imide groups is 1. The van der Waals surface area contributed by atoms with Crippen molar-refractivity contribution >= 4 is 28.5 Å². The number of carbonyl (C=O) groups excluding carboxylic acids is 2. The van der Waals surface area contributed by atoms with E-state index >= 15 is 0 Å². The number of benzene rings is 1. The lowest BCUT2D eigenvalue weighted by Crippen LogP contribution is -2.47. The molecule has 0 unspecified atom stereocenters. The molecule has 2 amide bonds. The molecule has 0 N–H and O–H groups in total. The van der Waals surface area contributed by atoms with Gasteiger partial charge in [0.1, 0.15) is 0 Å². The third-order valence-corrected chi connectivity index (χ3v) is 7.45. The third kappa shape index (κ3) is 3.84. The molecule has 1 aliphatic carbocycles. The van der Waals surface area contributed by atoms with E-state index in [1.165, 1.54) is 10.9 Å². The van der Waals surface area contributed by atoms with Gasteiger partial charge in [0.15, 0.2) is 5.82 Å². The second-order valence-corrected chi connectivity index (χ2v) is 9.33. The van der Waals surface area contributed by atoms with Crippen molar-refractivity contribution in [3.63, 3.8) is 0 Å². The molecule has 0 bridgehead atoms. The Labute approximate surface area is 184 Å². The molecule has 2 aliphatic heterocycles. The Morgan fingerprint density at radius 2 is 1.55 bits per heavy atom. The summed E-state index contributed by atoms with van der Waals surface area (Å²) in [6.07, 6.45) is 5.92. The largest absolute Gasteiger partial charge is 0.352 e. The Bertz CT molecular complexity index is 938. The SMILES string of the molecule is Cn1nc(N2CCN(CCCCN3C(=O)[C@H]4CCCC[C@H]4C3=O)CC2)c2ccccc21. The summed E-state index contributed by atoms with van der Waals surface area (Å²) in [7, 11) is 2.01. The highest BCUT2D eigenvalue weighted by Gasteiger charge is 2.47. The van der Waals surface area contributed by atoms with Gasteiger partial charge in [-0.25, -0.2) is 0 Å². The van der Waals surface area contributed by atoms with Gasteiger partial charge in [0.2, 0.25) is 11.8 Å². The lowest BCUT2D eigenvalue weighted by atomic mass is 9.81. The van der Waals surface area contributed by atoms with E-state index in [1.807, 2.05) is 11.7 Å². The van der Waals surface area contributed by atoms with Crippen LogP contribution in [-0.2, 0) is 16.6 Å². The van der Waals surface area contributed by atoms with Crippen molar-refractivity contribution < 1.29 is 9.59 Å². The third-order valence-electron chi connectivity index (χ3n) is 7.45. The first-order valence-corrected chi connectivity index (χ1v) is 11.9. The number of hydrogen-bond donors (Lipinski definition) is 0. The number of unbranched alkanes of at least 4 members (excludes halogenated alkanes) is 1. The van der Waals surface area contributed by atoms with Crippen LogP contribution in [0.1, 0.15) is 38.5 Å². The molecule has 2 aromatic rings. The van der Waals surface area contributed by atoms with E-state index < -0.39 is 0 Å². The average Bonchev–Trinajstić information content (AvgIpc) is 3.27. The van der Waals surface area contributed by atoms with Gasteiger partial charge in [-0.1, -0.05) is 25.0 Å². The van der Waals surface area contributed by atoms with Crippen LogP contribution in [-0.4, -0.2) is 70.7 Å². The summed E-state index contributed by atoms with van der Waals surface area (Å²) >= 11 is 0. The monoisotopic (exact) mass is 423 g/mol. The van der Waals surface area contributed by atoms with Gasteiger partial charge in [0.25, 0.3) is 0 Å². The summed E-state index contributed by atoms with van der Waals surface area (Å²) in [5.41, 5.74) is 1.17. The zero-order valence-corrected chi connectivity index (χ0v) is 18.5. The molecule has 7 nitrogen and oxygen atoms in total. The molecule has 1 aromatic carbocycles. The first kappa shape index (κ1) is 20.5. The van der Waals surface area contributed by atoms with Crippen molar-refractivity contribution in [2.75, 3.05) is 44.2 Å². The number of rotatable bonds is 6. The van der Waals surface area contributed by atoms with Crippen LogP contribution in [0.3, 0.4) is 0 Å². The van der Waals surface area contributed by atoms with Crippen molar-refractivity contribution in [2.45, 2.75) is 38.5 Å². The van der Waals surface area contributed by atoms with Crippen LogP contribution in [0.2, 0.25) is 0 Å². The van der Waals surface area contributed by atoms with E-state index in [0.29, 0.717) is 6.54 Å². The molecule has 3 heterocycles. The highest BCUT2D eigenvalue weighted by molar-refractivity contribution is 6.05. The molecule has 0 radical (unpaired) electrons. The molecule has 0 spiro atoms. The summed E-state index contributed by atoms with van der Waals surface area (Å²) in [4.78, 5) is 31.6. The lowest BCUT2D eigenvalue weighted by molar-refractivity contribution is -0.140. The predicted octanol–water partition coefficient (Wildman–Crippen LogP) is 2.65. The zero-order valence-electron chi connectivity index (χ0n) is 18.5. The lowest BCUT2D eigenvalue weighted by Gasteiger charge is -2.35. The molecule has 2 atom stereocenters. The number of anilines is 1. The fraction of sp³-hybridized carbons (Fsp3) is 0.625. The van der Waals surface area contributed by atoms with E-state index in [2.05, 4.69) is 34.1 Å². The van der Waals surface area contributed by atoms with Gasteiger partial charge in [-0.3, -0.25) is 24.1 Å². The van der Waals surface area contributed by atoms with Crippen molar-refractivity contribution in [1.29, 1.82) is 0 Å². The molecule has 166 valence electrons. The first-order chi connectivity index (χ1) is 15.1. The van der Waals surface area contributed by atoms with E-state index in [1.54, 1.807) is 4.90 Å². The van der Waals surface area contributed by atoms with Crippen LogP contribution in [0.5, 0.6) is 0 Å². The second kappa shape index (κ2) is 8.61. The minimum absolute atomic E-state index is 0.0167. The molecular weight excluding hydrogens is 390 g/mol. The van der Waals surface area contributed by atoms with Crippen molar-refractivity contribution in [1.82, 2.24) is 19.6 Å². The van der Waals surface area contributed by atoms with Gasteiger partial charge in [-0.15, -0.1) is 0 Å². The number of para-hydroxylation sites is 1. The Morgan fingerprint density at radius 3 is 2.26 bits per heavy atom. The number of fused-ring (bicyclic) bond motifs is 2. The topological polar surface area (TPSA) is 61.7 Å². The summed E-state index contributed by atoms with van der Waals surface area (Å²) in [5.74, 6) is 1.26. The van der Waals surface area contributed by atoms with E-state index in [9.17, 15) is 9.59 Å². The van der Waals surface area contributed by atoms with Crippen LogP contribution in [0, 0.1) is 11.8 Å².